The van der Waals surface area contributed by atoms with Crippen LogP contribution in [0.1, 0.15) is 12.8 Å². The van der Waals surface area contributed by atoms with Gasteiger partial charge < -0.3 is 5.32 Å². The summed E-state index contributed by atoms with van der Waals surface area (Å²) in [6, 6.07) is 8.02. The molecule has 4 nitrogen and oxygen atoms in total. The van der Waals surface area contributed by atoms with Crippen LogP contribution in [0.15, 0.2) is 34.5 Å². The van der Waals surface area contributed by atoms with Crippen molar-refractivity contribution in [2.45, 2.75) is 23.9 Å². The normalized spacial score (nSPS) is 16.4. The van der Waals surface area contributed by atoms with E-state index in [9.17, 15) is 18.0 Å². The van der Waals surface area contributed by atoms with Gasteiger partial charge in [0.1, 0.15) is 0 Å². The fraction of sp³-hybridized carbons (Fsp3) is 0.444. The van der Waals surface area contributed by atoms with Crippen LogP contribution >= 0.6 is 23.1 Å². The highest BCUT2D eigenvalue weighted by Crippen LogP contribution is 2.28. The van der Waals surface area contributed by atoms with E-state index in [4.69, 9.17) is 0 Å². The van der Waals surface area contributed by atoms with Crippen molar-refractivity contribution >= 4 is 34.1 Å². The molecule has 1 fully saturated rings. The molecule has 1 aromatic carbocycles. The molecule has 0 bridgehead atoms. The van der Waals surface area contributed by atoms with Crippen molar-refractivity contribution in [3.63, 3.8) is 0 Å². The summed E-state index contributed by atoms with van der Waals surface area (Å²) in [6.45, 7) is -0.350. The largest absolute Gasteiger partial charge is 0.401 e. The maximum atomic E-state index is 12.4. The first kappa shape index (κ1) is 20.2. The summed E-state index contributed by atoms with van der Waals surface area (Å²) in [5.41, 5.74) is 1.77. The molecule has 0 atom stereocenters. The van der Waals surface area contributed by atoms with Gasteiger partial charge in [-0.05, 0) is 44.3 Å². The van der Waals surface area contributed by atoms with E-state index in [1.54, 1.807) is 11.8 Å². The van der Waals surface area contributed by atoms with Crippen molar-refractivity contribution in [1.82, 2.24) is 9.88 Å². The van der Waals surface area contributed by atoms with Crippen LogP contribution in [0.5, 0.6) is 0 Å². The quantitative estimate of drug-likeness (QED) is 0.716. The number of rotatable bonds is 5. The number of benzene rings is 1. The molecule has 0 saturated carbocycles. The lowest BCUT2D eigenvalue weighted by Gasteiger charge is -2.31. The molecule has 0 unspecified atom stereocenters. The maximum Gasteiger partial charge on any atom is 0.401 e. The summed E-state index contributed by atoms with van der Waals surface area (Å²) in [7, 11) is 0. The number of piperidine rings is 1. The van der Waals surface area contributed by atoms with E-state index < -0.39 is 12.7 Å². The Labute approximate surface area is 164 Å². The van der Waals surface area contributed by atoms with Gasteiger partial charge in [0.15, 0.2) is 5.13 Å². The summed E-state index contributed by atoms with van der Waals surface area (Å²) >= 11 is 3.01. The predicted molar refractivity (Wildman–Crippen MR) is 103 cm³/mol. The van der Waals surface area contributed by atoms with Crippen LogP contribution in [0.2, 0.25) is 0 Å². The second-order valence-electron chi connectivity index (χ2n) is 6.42. The van der Waals surface area contributed by atoms with E-state index in [1.807, 2.05) is 35.9 Å². The zero-order chi connectivity index (χ0) is 19.4. The van der Waals surface area contributed by atoms with Crippen molar-refractivity contribution in [3.05, 3.63) is 29.6 Å². The van der Waals surface area contributed by atoms with Gasteiger partial charge in [-0.25, -0.2) is 4.98 Å². The molecule has 1 amide bonds. The first-order valence-corrected chi connectivity index (χ1v) is 10.6. The number of hydrogen-bond donors (Lipinski definition) is 1. The number of thiazole rings is 1. The van der Waals surface area contributed by atoms with Crippen molar-refractivity contribution < 1.29 is 18.0 Å². The van der Waals surface area contributed by atoms with Gasteiger partial charge in [0.2, 0.25) is 5.91 Å². The van der Waals surface area contributed by atoms with E-state index in [-0.39, 0.29) is 24.9 Å². The number of nitrogens with one attached hydrogen (secondary N) is 1. The zero-order valence-electron chi connectivity index (χ0n) is 14.8. The summed E-state index contributed by atoms with van der Waals surface area (Å²) < 4.78 is 37.3. The molecule has 1 aliphatic rings. The molecule has 3 rings (SSSR count). The highest BCUT2D eigenvalue weighted by Gasteiger charge is 2.34. The number of anilines is 1. The summed E-state index contributed by atoms with van der Waals surface area (Å²) in [5.74, 6) is -0.442. The fourth-order valence-electron chi connectivity index (χ4n) is 3.04. The number of hydrogen-bond acceptors (Lipinski definition) is 5. The molecule has 2 heterocycles. The third kappa shape index (κ3) is 5.70. The van der Waals surface area contributed by atoms with Gasteiger partial charge in [-0.1, -0.05) is 12.1 Å². The van der Waals surface area contributed by atoms with Crippen LogP contribution < -0.4 is 5.32 Å². The van der Waals surface area contributed by atoms with Crippen LogP contribution in [-0.2, 0) is 4.79 Å². The molecule has 1 aliphatic heterocycles. The van der Waals surface area contributed by atoms with E-state index >= 15 is 0 Å². The number of amides is 1. The van der Waals surface area contributed by atoms with Crippen LogP contribution in [-0.4, -0.2) is 47.9 Å². The number of nitrogens with zero attached hydrogens (tertiary/aromatic N) is 2. The third-order valence-electron chi connectivity index (χ3n) is 4.48. The van der Waals surface area contributed by atoms with E-state index in [0.717, 1.165) is 11.3 Å². The Hall–Kier alpha value is -1.58. The minimum Gasteiger partial charge on any atom is -0.302 e. The Morgan fingerprint density at radius 2 is 1.96 bits per heavy atom. The van der Waals surface area contributed by atoms with Gasteiger partial charge in [-0.2, -0.15) is 13.2 Å². The van der Waals surface area contributed by atoms with Gasteiger partial charge in [-0.3, -0.25) is 9.69 Å². The number of carbonyl (C=O) groups is 1. The maximum absolute atomic E-state index is 12.4. The average Bonchev–Trinajstić information content (AvgIpc) is 3.09. The first-order valence-electron chi connectivity index (χ1n) is 8.54. The minimum atomic E-state index is -4.19. The van der Waals surface area contributed by atoms with Crippen LogP contribution in [0.25, 0.3) is 11.3 Å². The van der Waals surface area contributed by atoms with Gasteiger partial charge in [0.05, 0.1) is 12.2 Å². The van der Waals surface area contributed by atoms with Gasteiger partial charge >= 0.3 is 6.18 Å². The molecule has 27 heavy (non-hydrogen) atoms. The summed E-state index contributed by atoms with van der Waals surface area (Å²) in [5, 5.41) is 5.21. The molecule has 0 spiro atoms. The van der Waals surface area contributed by atoms with Crippen LogP contribution in [0.4, 0.5) is 18.3 Å². The van der Waals surface area contributed by atoms with Gasteiger partial charge in [0.25, 0.3) is 0 Å². The minimum absolute atomic E-state index is 0.166. The van der Waals surface area contributed by atoms with Crippen LogP contribution in [0.3, 0.4) is 0 Å². The Kier molecular flexibility index (Phi) is 6.44. The van der Waals surface area contributed by atoms with Crippen molar-refractivity contribution in [1.29, 1.82) is 0 Å². The standard InChI is InChI=1S/C18H20F3N3OS2/c1-26-14-4-2-12(3-5-14)15-10-27-17(22-15)23-16(25)13-6-8-24(9-7-13)11-18(19,20)21/h2-5,10,13H,6-9,11H2,1H3,(H,22,23,25). The monoisotopic (exact) mass is 415 g/mol. The Morgan fingerprint density at radius 1 is 1.30 bits per heavy atom. The Bertz CT molecular complexity index is 769. The number of likely N-dealkylation sites (tertiary alicyclic amines) is 1. The van der Waals surface area contributed by atoms with E-state index in [2.05, 4.69) is 10.3 Å². The van der Waals surface area contributed by atoms with Crippen LogP contribution in [0, 0.1) is 5.92 Å². The summed E-state index contributed by atoms with van der Waals surface area (Å²) in [6.07, 6.45) is -1.33. The number of alkyl halides is 3. The lowest BCUT2D eigenvalue weighted by Crippen LogP contribution is -2.42. The second kappa shape index (κ2) is 8.62. The molecular formula is C18H20F3N3OS2. The SMILES string of the molecule is CSc1ccc(-c2csc(NC(=O)C3CCN(CC(F)(F)F)CC3)n2)cc1. The van der Waals surface area contributed by atoms with Crippen molar-refractivity contribution in [2.24, 2.45) is 5.92 Å². The predicted octanol–water partition coefficient (Wildman–Crippen LogP) is 4.74. The van der Waals surface area contributed by atoms with Crippen molar-refractivity contribution in [3.8, 4) is 11.3 Å². The zero-order valence-corrected chi connectivity index (χ0v) is 16.4. The number of thioether (sulfide) groups is 1. The topological polar surface area (TPSA) is 45.2 Å². The smallest absolute Gasteiger partial charge is 0.302 e. The molecule has 0 radical (unpaired) electrons. The van der Waals surface area contributed by atoms with Gasteiger partial charge in [0, 0.05) is 21.8 Å². The number of carbonyl (C=O) groups excluding carboxylic acids is 1. The van der Waals surface area contributed by atoms with E-state index in [0.29, 0.717) is 18.0 Å². The Balaban J connectivity index is 1.54. The van der Waals surface area contributed by atoms with Crippen molar-refractivity contribution in [2.75, 3.05) is 31.2 Å². The molecule has 2 aromatic rings. The first-order chi connectivity index (χ1) is 12.8. The summed E-state index contributed by atoms with van der Waals surface area (Å²) in [4.78, 5) is 19.4. The molecule has 0 aliphatic carbocycles. The molecule has 1 aromatic heterocycles. The average molecular weight is 416 g/mol. The Morgan fingerprint density at radius 3 is 2.56 bits per heavy atom. The molecule has 1 saturated heterocycles. The van der Waals surface area contributed by atoms with E-state index in [1.165, 1.54) is 21.1 Å². The molecular weight excluding hydrogens is 395 g/mol. The molecule has 9 heteroatoms. The molecule has 146 valence electrons. The third-order valence-corrected chi connectivity index (χ3v) is 5.98. The lowest BCUT2D eigenvalue weighted by molar-refractivity contribution is -0.149. The van der Waals surface area contributed by atoms with Gasteiger partial charge in [-0.15, -0.1) is 23.1 Å². The number of halogens is 3. The fourth-order valence-corrected chi connectivity index (χ4v) is 4.17. The molecule has 1 N–H and O–H groups in total. The second-order valence-corrected chi connectivity index (χ2v) is 8.16. The highest BCUT2D eigenvalue weighted by molar-refractivity contribution is 7.98. The highest BCUT2D eigenvalue weighted by atomic mass is 32.2. The number of aromatic nitrogens is 1. The lowest BCUT2D eigenvalue weighted by atomic mass is 9.96.